The van der Waals surface area contributed by atoms with Gasteiger partial charge in [0.25, 0.3) is 0 Å². The number of halogens is 1. The van der Waals surface area contributed by atoms with Gasteiger partial charge in [-0.3, -0.25) is 0 Å². The van der Waals surface area contributed by atoms with Crippen LogP contribution in [0.1, 0.15) is 50.3 Å². The third-order valence-electron chi connectivity index (χ3n) is 6.10. The molecule has 1 aromatic heterocycles. The summed E-state index contributed by atoms with van der Waals surface area (Å²) in [6.45, 7) is 5.47. The van der Waals surface area contributed by atoms with Gasteiger partial charge in [0.15, 0.2) is 0 Å². The van der Waals surface area contributed by atoms with Crippen LogP contribution in [0.3, 0.4) is 0 Å². The van der Waals surface area contributed by atoms with Crippen LogP contribution >= 0.6 is 0 Å². The van der Waals surface area contributed by atoms with Gasteiger partial charge in [0.2, 0.25) is 21.8 Å². The summed E-state index contributed by atoms with van der Waals surface area (Å²) in [5, 5.41) is 8.38. The number of hydrogen-bond donors (Lipinski definition) is 0. The van der Waals surface area contributed by atoms with E-state index in [0.717, 1.165) is 6.07 Å². The van der Waals surface area contributed by atoms with Crippen molar-refractivity contribution in [1.82, 2.24) is 14.5 Å². The first-order valence-electron chi connectivity index (χ1n) is 10.0. The van der Waals surface area contributed by atoms with Gasteiger partial charge in [-0.05, 0) is 31.0 Å². The number of methoxy groups -OCH3 is 1. The van der Waals surface area contributed by atoms with Crippen molar-refractivity contribution >= 4 is 10.0 Å². The fourth-order valence-corrected chi connectivity index (χ4v) is 6.06. The van der Waals surface area contributed by atoms with Gasteiger partial charge in [-0.1, -0.05) is 13.8 Å². The maximum absolute atomic E-state index is 13.9. The first-order chi connectivity index (χ1) is 14.3. The molecule has 1 aromatic carbocycles. The Balaban J connectivity index is 1.73. The van der Waals surface area contributed by atoms with Gasteiger partial charge < -0.3 is 13.9 Å². The average Bonchev–Trinajstić information content (AvgIpc) is 3.34. The Kier molecular flexibility index (Phi) is 5.58. The SMILES string of the molecule is COc1ccc(F)cc1S(=O)(=O)N1CC(c2nnc(C(C)C)o2)C2(CCOCC2)C1. The van der Waals surface area contributed by atoms with Gasteiger partial charge >= 0.3 is 0 Å². The normalized spacial score (nSPS) is 22.1. The molecule has 30 heavy (non-hydrogen) atoms. The van der Waals surface area contributed by atoms with Gasteiger partial charge in [-0.2, -0.15) is 4.31 Å². The van der Waals surface area contributed by atoms with E-state index in [1.165, 1.54) is 23.5 Å². The highest BCUT2D eigenvalue weighted by atomic mass is 32.2. The lowest BCUT2D eigenvalue weighted by Gasteiger charge is -2.36. The molecule has 2 aliphatic heterocycles. The predicted octanol–water partition coefficient (Wildman–Crippen LogP) is 2.93. The monoisotopic (exact) mass is 439 g/mol. The number of rotatable bonds is 5. The molecule has 2 saturated heterocycles. The van der Waals surface area contributed by atoms with Crippen molar-refractivity contribution in [3.05, 3.63) is 35.8 Å². The zero-order chi connectivity index (χ0) is 21.5. The van der Waals surface area contributed by atoms with Crippen LogP contribution in [0.2, 0.25) is 0 Å². The van der Waals surface area contributed by atoms with E-state index in [9.17, 15) is 12.8 Å². The number of ether oxygens (including phenoxy) is 2. The minimum absolute atomic E-state index is 0.0784. The quantitative estimate of drug-likeness (QED) is 0.707. The van der Waals surface area contributed by atoms with Gasteiger partial charge in [-0.25, -0.2) is 12.8 Å². The van der Waals surface area contributed by atoms with Gasteiger partial charge in [0, 0.05) is 37.6 Å². The second-order valence-electron chi connectivity index (χ2n) is 8.25. The fraction of sp³-hybridized carbons (Fsp3) is 0.600. The Morgan fingerprint density at radius 2 is 2.00 bits per heavy atom. The van der Waals surface area contributed by atoms with E-state index in [0.29, 0.717) is 37.8 Å². The van der Waals surface area contributed by atoms with Crippen molar-refractivity contribution in [3.8, 4) is 5.75 Å². The van der Waals surface area contributed by atoms with Crippen molar-refractivity contribution in [2.75, 3.05) is 33.4 Å². The molecule has 1 atom stereocenters. The summed E-state index contributed by atoms with van der Waals surface area (Å²) in [6, 6.07) is 3.51. The van der Waals surface area contributed by atoms with E-state index in [-0.39, 0.29) is 41.0 Å². The molecule has 2 aliphatic rings. The average molecular weight is 440 g/mol. The van der Waals surface area contributed by atoms with Crippen LogP contribution in [-0.2, 0) is 14.8 Å². The second-order valence-corrected chi connectivity index (χ2v) is 10.2. The van der Waals surface area contributed by atoms with Crippen LogP contribution in [0.5, 0.6) is 5.75 Å². The van der Waals surface area contributed by atoms with Gasteiger partial charge in [0.05, 0.1) is 13.0 Å². The van der Waals surface area contributed by atoms with E-state index in [1.54, 1.807) is 0 Å². The third kappa shape index (κ3) is 3.61. The molecule has 2 aromatic rings. The molecule has 8 nitrogen and oxygen atoms in total. The fourth-order valence-electron chi connectivity index (χ4n) is 4.34. The lowest BCUT2D eigenvalue weighted by molar-refractivity contribution is 0.0110. The zero-order valence-corrected chi connectivity index (χ0v) is 18.1. The molecular formula is C20H26FN3O5S. The lowest BCUT2D eigenvalue weighted by atomic mass is 9.72. The zero-order valence-electron chi connectivity index (χ0n) is 17.3. The molecule has 0 bridgehead atoms. The summed E-state index contributed by atoms with van der Waals surface area (Å²) in [5.74, 6) is 0.278. The maximum Gasteiger partial charge on any atom is 0.246 e. The number of nitrogens with zero attached hydrogens (tertiary/aromatic N) is 3. The van der Waals surface area contributed by atoms with E-state index < -0.39 is 15.8 Å². The number of aromatic nitrogens is 2. The van der Waals surface area contributed by atoms with Crippen molar-refractivity contribution in [3.63, 3.8) is 0 Å². The van der Waals surface area contributed by atoms with E-state index in [2.05, 4.69) is 10.2 Å². The molecule has 2 fully saturated rings. The molecule has 0 saturated carbocycles. The van der Waals surface area contributed by atoms with E-state index >= 15 is 0 Å². The molecule has 0 aliphatic carbocycles. The molecule has 1 unspecified atom stereocenters. The van der Waals surface area contributed by atoms with E-state index in [4.69, 9.17) is 13.9 Å². The Bertz CT molecular complexity index is 1020. The van der Waals surface area contributed by atoms with Crippen LogP contribution < -0.4 is 4.74 Å². The Labute approximate surface area is 175 Å². The topological polar surface area (TPSA) is 94.8 Å². The molecule has 0 radical (unpaired) electrons. The van der Waals surface area contributed by atoms with E-state index in [1.807, 2.05) is 13.8 Å². The summed E-state index contributed by atoms with van der Waals surface area (Å²) >= 11 is 0. The summed E-state index contributed by atoms with van der Waals surface area (Å²) in [7, 11) is -2.63. The smallest absolute Gasteiger partial charge is 0.246 e. The highest BCUT2D eigenvalue weighted by Crippen LogP contribution is 2.50. The number of sulfonamides is 1. The van der Waals surface area contributed by atoms with Gasteiger partial charge in [0.1, 0.15) is 16.5 Å². The first-order valence-corrected chi connectivity index (χ1v) is 11.5. The highest BCUT2D eigenvalue weighted by Gasteiger charge is 2.53. The minimum Gasteiger partial charge on any atom is -0.495 e. The largest absolute Gasteiger partial charge is 0.495 e. The van der Waals surface area contributed by atoms with Crippen LogP contribution in [0.15, 0.2) is 27.5 Å². The summed E-state index contributed by atoms with van der Waals surface area (Å²) in [5.41, 5.74) is -0.368. The van der Waals surface area contributed by atoms with Gasteiger partial charge in [-0.15, -0.1) is 10.2 Å². The van der Waals surface area contributed by atoms with Crippen LogP contribution in [-0.4, -0.2) is 56.3 Å². The number of benzene rings is 1. The Hall–Kier alpha value is -2.04. The summed E-state index contributed by atoms with van der Waals surface area (Å²) in [4.78, 5) is -0.179. The van der Waals surface area contributed by atoms with Crippen molar-refractivity contribution in [2.24, 2.45) is 5.41 Å². The first kappa shape index (κ1) is 21.2. The molecule has 10 heteroatoms. The van der Waals surface area contributed by atoms with Crippen molar-refractivity contribution < 1.29 is 26.7 Å². The lowest BCUT2D eigenvalue weighted by Crippen LogP contribution is -2.37. The molecular weight excluding hydrogens is 413 g/mol. The standard InChI is InChI=1S/C20H26FN3O5S/c1-13(2)18-22-23-19(29-18)15-11-24(12-20(15)6-8-28-9-7-20)30(25,26)17-10-14(21)4-5-16(17)27-3/h4-5,10,13,15H,6-9,11-12H2,1-3H3. The van der Waals surface area contributed by atoms with Crippen LogP contribution in [0, 0.1) is 11.2 Å². The highest BCUT2D eigenvalue weighted by molar-refractivity contribution is 7.89. The maximum atomic E-state index is 13.9. The molecule has 1 spiro atoms. The Morgan fingerprint density at radius 3 is 2.63 bits per heavy atom. The molecule has 3 heterocycles. The van der Waals surface area contributed by atoms with Crippen LogP contribution in [0.25, 0.3) is 0 Å². The molecule has 0 N–H and O–H groups in total. The van der Waals surface area contributed by atoms with Crippen molar-refractivity contribution in [2.45, 2.75) is 43.4 Å². The molecule has 4 rings (SSSR count). The summed E-state index contributed by atoms with van der Waals surface area (Å²) in [6.07, 6.45) is 1.37. The molecule has 0 amide bonds. The summed E-state index contributed by atoms with van der Waals surface area (Å²) < 4.78 is 58.8. The number of hydrogen-bond acceptors (Lipinski definition) is 7. The van der Waals surface area contributed by atoms with Crippen LogP contribution in [0.4, 0.5) is 4.39 Å². The second kappa shape index (κ2) is 7.90. The molecule has 164 valence electrons. The van der Waals surface area contributed by atoms with Crippen molar-refractivity contribution in [1.29, 1.82) is 0 Å². The minimum atomic E-state index is -3.99. The Morgan fingerprint density at radius 1 is 1.27 bits per heavy atom. The third-order valence-corrected chi connectivity index (χ3v) is 7.93. The predicted molar refractivity (Wildman–Crippen MR) is 105 cm³/mol.